The molecular formula is C12H23NO2. The van der Waals surface area contributed by atoms with Gasteiger partial charge in [0.05, 0.1) is 12.7 Å². The Hall–Kier alpha value is -0.380. The zero-order valence-corrected chi connectivity index (χ0v) is 9.61. The lowest BCUT2D eigenvalue weighted by atomic mass is 10.0. The summed E-state index contributed by atoms with van der Waals surface area (Å²) in [4.78, 5) is 0. The van der Waals surface area contributed by atoms with Crippen LogP contribution in [-0.2, 0) is 4.74 Å². The highest BCUT2D eigenvalue weighted by atomic mass is 16.5. The molecule has 3 unspecified atom stereocenters. The average molecular weight is 213 g/mol. The molecule has 0 aromatic rings. The van der Waals surface area contributed by atoms with Crippen LogP contribution in [0.2, 0.25) is 0 Å². The molecule has 1 saturated heterocycles. The van der Waals surface area contributed by atoms with Gasteiger partial charge in [-0.15, -0.1) is 6.58 Å². The molecule has 3 nitrogen and oxygen atoms in total. The number of hydrogen-bond donors (Lipinski definition) is 2. The monoisotopic (exact) mass is 213 g/mol. The molecule has 1 aliphatic heterocycles. The first-order chi connectivity index (χ1) is 7.24. The van der Waals surface area contributed by atoms with E-state index in [0.717, 1.165) is 25.9 Å². The Balaban J connectivity index is 2.09. The highest BCUT2D eigenvalue weighted by Crippen LogP contribution is 2.16. The second-order valence-corrected chi connectivity index (χ2v) is 4.37. The molecule has 88 valence electrons. The van der Waals surface area contributed by atoms with E-state index >= 15 is 0 Å². The Morgan fingerprint density at radius 3 is 3.07 bits per heavy atom. The largest absolute Gasteiger partial charge is 0.391 e. The number of ether oxygens (including phenoxy) is 1. The van der Waals surface area contributed by atoms with Gasteiger partial charge in [-0.2, -0.15) is 0 Å². The van der Waals surface area contributed by atoms with Crippen molar-refractivity contribution in [1.82, 2.24) is 5.32 Å². The predicted molar refractivity (Wildman–Crippen MR) is 61.8 cm³/mol. The van der Waals surface area contributed by atoms with Crippen molar-refractivity contribution >= 4 is 0 Å². The molecular weight excluding hydrogens is 190 g/mol. The summed E-state index contributed by atoms with van der Waals surface area (Å²) in [5.41, 5.74) is 0. The molecule has 0 bridgehead atoms. The smallest absolute Gasteiger partial charge is 0.0715 e. The van der Waals surface area contributed by atoms with Crippen LogP contribution in [-0.4, -0.2) is 37.0 Å². The molecule has 0 aromatic carbocycles. The SMILES string of the molecule is C=CCCC(C)NCC(O)C1CCOC1. The topological polar surface area (TPSA) is 41.5 Å². The van der Waals surface area contributed by atoms with E-state index in [1.807, 2.05) is 6.08 Å². The van der Waals surface area contributed by atoms with Crippen molar-refractivity contribution in [3.63, 3.8) is 0 Å². The summed E-state index contributed by atoms with van der Waals surface area (Å²) in [7, 11) is 0. The third-order valence-electron chi connectivity index (χ3n) is 2.99. The predicted octanol–water partition coefficient (Wildman–Crippen LogP) is 1.33. The van der Waals surface area contributed by atoms with Crippen LogP contribution < -0.4 is 5.32 Å². The zero-order valence-electron chi connectivity index (χ0n) is 9.61. The summed E-state index contributed by atoms with van der Waals surface area (Å²) in [5, 5.41) is 13.2. The molecule has 3 atom stereocenters. The Morgan fingerprint density at radius 2 is 2.47 bits per heavy atom. The zero-order chi connectivity index (χ0) is 11.1. The number of aliphatic hydroxyl groups is 1. The maximum absolute atomic E-state index is 9.86. The van der Waals surface area contributed by atoms with Gasteiger partial charge in [0.1, 0.15) is 0 Å². The van der Waals surface area contributed by atoms with E-state index in [2.05, 4.69) is 18.8 Å². The van der Waals surface area contributed by atoms with E-state index in [-0.39, 0.29) is 6.10 Å². The molecule has 1 aliphatic rings. The molecule has 3 heteroatoms. The molecule has 0 saturated carbocycles. The van der Waals surface area contributed by atoms with E-state index in [9.17, 15) is 5.11 Å². The van der Waals surface area contributed by atoms with E-state index in [1.165, 1.54) is 0 Å². The van der Waals surface area contributed by atoms with Crippen LogP contribution in [0.3, 0.4) is 0 Å². The molecule has 1 heterocycles. The minimum Gasteiger partial charge on any atom is -0.391 e. The first-order valence-corrected chi connectivity index (χ1v) is 5.84. The van der Waals surface area contributed by atoms with Gasteiger partial charge in [-0.25, -0.2) is 0 Å². The number of aliphatic hydroxyl groups excluding tert-OH is 1. The van der Waals surface area contributed by atoms with Crippen LogP contribution in [0.25, 0.3) is 0 Å². The van der Waals surface area contributed by atoms with Crippen molar-refractivity contribution in [2.24, 2.45) is 5.92 Å². The van der Waals surface area contributed by atoms with Gasteiger partial charge in [-0.05, 0) is 26.2 Å². The van der Waals surface area contributed by atoms with Crippen LogP contribution in [0.4, 0.5) is 0 Å². The number of nitrogens with one attached hydrogen (secondary N) is 1. The van der Waals surface area contributed by atoms with Gasteiger partial charge < -0.3 is 15.2 Å². The molecule has 1 rings (SSSR count). The summed E-state index contributed by atoms with van der Waals surface area (Å²) >= 11 is 0. The Kier molecular flexibility index (Phi) is 5.91. The van der Waals surface area contributed by atoms with Gasteiger partial charge in [0.15, 0.2) is 0 Å². The molecule has 15 heavy (non-hydrogen) atoms. The number of hydrogen-bond acceptors (Lipinski definition) is 3. The number of rotatable bonds is 7. The van der Waals surface area contributed by atoms with Crippen molar-refractivity contribution in [3.8, 4) is 0 Å². The lowest BCUT2D eigenvalue weighted by Crippen LogP contribution is -2.37. The van der Waals surface area contributed by atoms with E-state index in [0.29, 0.717) is 25.1 Å². The van der Waals surface area contributed by atoms with E-state index in [1.54, 1.807) is 0 Å². The summed E-state index contributed by atoms with van der Waals surface area (Å²) < 4.78 is 5.25. The van der Waals surface area contributed by atoms with Crippen molar-refractivity contribution < 1.29 is 9.84 Å². The molecule has 0 spiro atoms. The number of allylic oxidation sites excluding steroid dienone is 1. The first-order valence-electron chi connectivity index (χ1n) is 5.84. The minimum atomic E-state index is -0.265. The minimum absolute atomic E-state index is 0.265. The van der Waals surface area contributed by atoms with Crippen LogP contribution in [0.5, 0.6) is 0 Å². The maximum Gasteiger partial charge on any atom is 0.0715 e. The Morgan fingerprint density at radius 1 is 1.67 bits per heavy atom. The Bertz CT molecular complexity index is 178. The first kappa shape index (κ1) is 12.7. The van der Waals surface area contributed by atoms with E-state index < -0.39 is 0 Å². The maximum atomic E-state index is 9.86. The normalized spacial score (nSPS) is 25.1. The van der Waals surface area contributed by atoms with Gasteiger partial charge in [-0.3, -0.25) is 0 Å². The van der Waals surface area contributed by atoms with Gasteiger partial charge in [0.2, 0.25) is 0 Å². The summed E-state index contributed by atoms with van der Waals surface area (Å²) in [5.74, 6) is 0.323. The van der Waals surface area contributed by atoms with Gasteiger partial charge in [0, 0.05) is 25.1 Å². The second kappa shape index (κ2) is 6.99. The van der Waals surface area contributed by atoms with Gasteiger partial charge in [-0.1, -0.05) is 6.08 Å². The molecule has 0 radical (unpaired) electrons. The molecule has 0 aromatic heterocycles. The summed E-state index contributed by atoms with van der Waals surface area (Å²) in [6, 6.07) is 0.444. The molecule has 2 N–H and O–H groups in total. The fraction of sp³-hybridized carbons (Fsp3) is 0.833. The quantitative estimate of drug-likeness (QED) is 0.627. The van der Waals surface area contributed by atoms with Crippen molar-refractivity contribution in [2.75, 3.05) is 19.8 Å². The van der Waals surface area contributed by atoms with E-state index in [4.69, 9.17) is 4.74 Å². The van der Waals surface area contributed by atoms with Gasteiger partial charge in [0.25, 0.3) is 0 Å². The third-order valence-corrected chi connectivity index (χ3v) is 2.99. The molecule has 0 aliphatic carbocycles. The van der Waals surface area contributed by atoms with Crippen molar-refractivity contribution in [3.05, 3.63) is 12.7 Å². The lowest BCUT2D eigenvalue weighted by Gasteiger charge is -2.20. The van der Waals surface area contributed by atoms with Crippen LogP contribution in [0.1, 0.15) is 26.2 Å². The fourth-order valence-electron chi connectivity index (χ4n) is 1.81. The molecule has 0 amide bonds. The van der Waals surface area contributed by atoms with Crippen molar-refractivity contribution in [1.29, 1.82) is 0 Å². The lowest BCUT2D eigenvalue weighted by molar-refractivity contribution is 0.0886. The van der Waals surface area contributed by atoms with Crippen LogP contribution in [0, 0.1) is 5.92 Å². The summed E-state index contributed by atoms with van der Waals surface area (Å²) in [6.07, 6.45) is 4.76. The fourth-order valence-corrected chi connectivity index (χ4v) is 1.81. The second-order valence-electron chi connectivity index (χ2n) is 4.37. The highest BCUT2D eigenvalue weighted by molar-refractivity contribution is 4.77. The molecule has 1 fully saturated rings. The third kappa shape index (κ3) is 4.78. The Labute approximate surface area is 92.5 Å². The highest BCUT2D eigenvalue weighted by Gasteiger charge is 2.23. The van der Waals surface area contributed by atoms with Gasteiger partial charge >= 0.3 is 0 Å². The average Bonchev–Trinajstić information content (AvgIpc) is 2.76. The van der Waals surface area contributed by atoms with Crippen molar-refractivity contribution in [2.45, 2.75) is 38.3 Å². The van der Waals surface area contributed by atoms with Crippen LogP contribution in [0.15, 0.2) is 12.7 Å². The summed E-state index contributed by atoms with van der Waals surface area (Å²) in [6.45, 7) is 8.02. The van der Waals surface area contributed by atoms with Crippen LogP contribution >= 0.6 is 0 Å². The standard InChI is InChI=1S/C12H23NO2/c1-3-4-5-10(2)13-8-12(14)11-6-7-15-9-11/h3,10-14H,1,4-9H2,2H3.